The number of benzene rings is 1. The molecule has 0 fully saturated rings. The molecule has 5 heteroatoms. The van der Waals surface area contributed by atoms with E-state index >= 15 is 0 Å². The standard InChI is InChI=1S/C11H17NO3S/c1-9(13)7-8-12-10-5-3-4-6-11(10)16(2,14)15/h3-6,9,12-13H,7-8H2,1-2H3. The summed E-state index contributed by atoms with van der Waals surface area (Å²) < 4.78 is 22.9. The van der Waals surface area contributed by atoms with Crippen molar-refractivity contribution in [1.82, 2.24) is 0 Å². The zero-order valence-corrected chi connectivity index (χ0v) is 10.3. The van der Waals surface area contributed by atoms with Crippen LogP contribution in [-0.4, -0.2) is 32.4 Å². The Morgan fingerprint density at radius 3 is 2.56 bits per heavy atom. The van der Waals surface area contributed by atoms with Gasteiger partial charge in [-0.15, -0.1) is 0 Å². The summed E-state index contributed by atoms with van der Waals surface area (Å²) in [5.41, 5.74) is 0.589. The number of para-hydroxylation sites is 1. The third-order valence-corrected chi connectivity index (χ3v) is 3.32. The molecule has 0 aliphatic carbocycles. The van der Waals surface area contributed by atoms with Crippen LogP contribution in [0.5, 0.6) is 0 Å². The molecule has 0 saturated heterocycles. The van der Waals surface area contributed by atoms with E-state index in [4.69, 9.17) is 5.11 Å². The normalized spacial score (nSPS) is 13.4. The molecule has 1 aromatic rings. The fourth-order valence-corrected chi connectivity index (χ4v) is 2.22. The van der Waals surface area contributed by atoms with Gasteiger partial charge in [0.15, 0.2) is 9.84 Å². The lowest BCUT2D eigenvalue weighted by molar-refractivity contribution is 0.188. The van der Waals surface area contributed by atoms with Crippen molar-refractivity contribution in [3.8, 4) is 0 Å². The Labute approximate surface area is 96.2 Å². The quantitative estimate of drug-likeness (QED) is 0.817. The van der Waals surface area contributed by atoms with Gasteiger partial charge in [0.05, 0.1) is 16.7 Å². The fraction of sp³-hybridized carbons (Fsp3) is 0.455. The molecule has 1 atom stereocenters. The number of sulfone groups is 1. The van der Waals surface area contributed by atoms with Crippen LogP contribution in [0.2, 0.25) is 0 Å². The largest absolute Gasteiger partial charge is 0.393 e. The van der Waals surface area contributed by atoms with Crippen molar-refractivity contribution < 1.29 is 13.5 Å². The molecule has 90 valence electrons. The molecular weight excluding hydrogens is 226 g/mol. The molecule has 0 aliphatic rings. The van der Waals surface area contributed by atoms with Crippen LogP contribution in [0.1, 0.15) is 13.3 Å². The molecule has 0 bridgehead atoms. The van der Waals surface area contributed by atoms with Gasteiger partial charge in [-0.1, -0.05) is 12.1 Å². The van der Waals surface area contributed by atoms with E-state index in [2.05, 4.69) is 5.32 Å². The molecule has 0 spiro atoms. The highest BCUT2D eigenvalue weighted by Crippen LogP contribution is 2.20. The second-order valence-corrected chi connectivity index (χ2v) is 5.82. The van der Waals surface area contributed by atoms with Gasteiger partial charge in [-0.05, 0) is 25.5 Å². The van der Waals surface area contributed by atoms with E-state index in [-0.39, 0.29) is 0 Å². The molecule has 0 saturated carbocycles. The summed E-state index contributed by atoms with van der Waals surface area (Å²) in [5, 5.41) is 12.1. The molecule has 1 rings (SSSR count). The summed E-state index contributed by atoms with van der Waals surface area (Å²) in [6.45, 7) is 2.24. The van der Waals surface area contributed by atoms with Gasteiger partial charge in [0.25, 0.3) is 0 Å². The topological polar surface area (TPSA) is 66.4 Å². The van der Waals surface area contributed by atoms with Gasteiger partial charge in [-0.25, -0.2) is 8.42 Å². The maximum atomic E-state index is 11.5. The van der Waals surface area contributed by atoms with Crippen LogP contribution in [0.25, 0.3) is 0 Å². The highest BCUT2D eigenvalue weighted by Gasteiger charge is 2.11. The SMILES string of the molecule is CC(O)CCNc1ccccc1S(C)(=O)=O. The van der Waals surface area contributed by atoms with Gasteiger partial charge >= 0.3 is 0 Å². The predicted molar refractivity (Wildman–Crippen MR) is 64.3 cm³/mol. The second kappa shape index (κ2) is 5.32. The first-order valence-electron chi connectivity index (χ1n) is 5.12. The highest BCUT2D eigenvalue weighted by molar-refractivity contribution is 7.90. The minimum absolute atomic E-state index is 0.292. The summed E-state index contributed by atoms with van der Waals surface area (Å²) in [6, 6.07) is 6.76. The van der Waals surface area contributed by atoms with Gasteiger partial charge in [0, 0.05) is 12.8 Å². The number of hydrogen-bond acceptors (Lipinski definition) is 4. The number of rotatable bonds is 5. The maximum absolute atomic E-state index is 11.5. The Bertz CT molecular complexity index is 440. The first-order valence-corrected chi connectivity index (χ1v) is 7.01. The van der Waals surface area contributed by atoms with Crippen molar-refractivity contribution in [2.24, 2.45) is 0 Å². The minimum atomic E-state index is -3.21. The van der Waals surface area contributed by atoms with E-state index in [1.54, 1.807) is 31.2 Å². The lowest BCUT2D eigenvalue weighted by atomic mass is 10.2. The zero-order valence-electron chi connectivity index (χ0n) is 9.47. The molecule has 0 amide bonds. The zero-order chi connectivity index (χ0) is 12.2. The molecule has 16 heavy (non-hydrogen) atoms. The average molecular weight is 243 g/mol. The summed E-state index contributed by atoms with van der Waals surface area (Å²) in [7, 11) is -3.21. The van der Waals surface area contributed by atoms with Crippen molar-refractivity contribution in [2.45, 2.75) is 24.3 Å². The fourth-order valence-electron chi connectivity index (χ4n) is 1.35. The first kappa shape index (κ1) is 13.0. The summed E-state index contributed by atoms with van der Waals surface area (Å²) >= 11 is 0. The molecule has 1 unspecified atom stereocenters. The molecule has 4 nitrogen and oxygen atoms in total. The predicted octanol–water partition coefficient (Wildman–Crippen LogP) is 1.27. The lowest BCUT2D eigenvalue weighted by Gasteiger charge is -2.11. The van der Waals surface area contributed by atoms with Gasteiger partial charge in [0.2, 0.25) is 0 Å². The third kappa shape index (κ3) is 3.83. The summed E-state index contributed by atoms with van der Waals surface area (Å²) in [5.74, 6) is 0. The molecule has 0 radical (unpaired) electrons. The van der Waals surface area contributed by atoms with Crippen LogP contribution >= 0.6 is 0 Å². The van der Waals surface area contributed by atoms with E-state index in [9.17, 15) is 8.42 Å². The van der Waals surface area contributed by atoms with Crippen LogP contribution in [0.3, 0.4) is 0 Å². The second-order valence-electron chi connectivity index (χ2n) is 3.83. The van der Waals surface area contributed by atoms with Crippen LogP contribution in [0, 0.1) is 0 Å². The Balaban J connectivity index is 2.80. The third-order valence-electron chi connectivity index (χ3n) is 2.16. The van der Waals surface area contributed by atoms with E-state index < -0.39 is 15.9 Å². The smallest absolute Gasteiger partial charge is 0.177 e. The molecule has 2 N–H and O–H groups in total. The Hall–Kier alpha value is -1.07. The van der Waals surface area contributed by atoms with E-state index in [0.29, 0.717) is 23.5 Å². The number of hydrogen-bond donors (Lipinski definition) is 2. The van der Waals surface area contributed by atoms with Crippen molar-refractivity contribution >= 4 is 15.5 Å². The molecule has 0 aromatic heterocycles. The number of aliphatic hydroxyl groups is 1. The van der Waals surface area contributed by atoms with Gasteiger partial charge < -0.3 is 10.4 Å². The number of aliphatic hydroxyl groups excluding tert-OH is 1. The van der Waals surface area contributed by atoms with Crippen LogP contribution < -0.4 is 5.32 Å². The Morgan fingerprint density at radius 2 is 2.00 bits per heavy atom. The molecular formula is C11H17NO3S. The van der Waals surface area contributed by atoms with E-state index in [1.165, 1.54) is 6.26 Å². The monoisotopic (exact) mass is 243 g/mol. The first-order chi connectivity index (χ1) is 7.41. The number of anilines is 1. The molecule has 1 aromatic carbocycles. The highest BCUT2D eigenvalue weighted by atomic mass is 32.2. The summed E-state index contributed by atoms with van der Waals surface area (Å²) in [6.07, 6.45) is 1.37. The maximum Gasteiger partial charge on any atom is 0.177 e. The Morgan fingerprint density at radius 1 is 1.38 bits per heavy atom. The average Bonchev–Trinajstić information content (AvgIpc) is 2.16. The van der Waals surface area contributed by atoms with Gasteiger partial charge in [-0.3, -0.25) is 0 Å². The molecule has 0 aliphatic heterocycles. The van der Waals surface area contributed by atoms with Crippen LogP contribution in [0.4, 0.5) is 5.69 Å². The Kier molecular flexibility index (Phi) is 4.32. The van der Waals surface area contributed by atoms with Crippen LogP contribution in [-0.2, 0) is 9.84 Å². The van der Waals surface area contributed by atoms with Gasteiger partial charge in [-0.2, -0.15) is 0 Å². The van der Waals surface area contributed by atoms with E-state index in [0.717, 1.165) is 0 Å². The minimum Gasteiger partial charge on any atom is -0.393 e. The van der Waals surface area contributed by atoms with Crippen molar-refractivity contribution in [2.75, 3.05) is 18.1 Å². The van der Waals surface area contributed by atoms with Gasteiger partial charge in [0.1, 0.15) is 0 Å². The molecule has 0 heterocycles. The number of nitrogens with one attached hydrogen (secondary N) is 1. The van der Waals surface area contributed by atoms with Crippen LogP contribution in [0.15, 0.2) is 29.2 Å². The van der Waals surface area contributed by atoms with E-state index in [1.807, 2.05) is 0 Å². The van der Waals surface area contributed by atoms with Crippen molar-refractivity contribution in [3.05, 3.63) is 24.3 Å². The summed E-state index contributed by atoms with van der Waals surface area (Å²) in [4.78, 5) is 0.292. The lowest BCUT2D eigenvalue weighted by Crippen LogP contribution is -2.12. The van der Waals surface area contributed by atoms with Crippen molar-refractivity contribution in [3.63, 3.8) is 0 Å². The van der Waals surface area contributed by atoms with Crippen molar-refractivity contribution in [1.29, 1.82) is 0 Å².